The molecule has 0 spiro atoms. The van der Waals surface area contributed by atoms with Crippen LogP contribution in [0.4, 0.5) is 5.69 Å². The normalized spacial score (nSPS) is 11.5. The molecule has 0 amide bonds. The average Bonchev–Trinajstić information content (AvgIpc) is 2.85. The highest BCUT2D eigenvalue weighted by atomic mass is 79.9. The van der Waals surface area contributed by atoms with E-state index in [2.05, 4.69) is 32.0 Å². The van der Waals surface area contributed by atoms with Crippen molar-refractivity contribution in [2.75, 3.05) is 18.9 Å². The Morgan fingerprint density at radius 1 is 1.15 bits per heavy atom. The minimum absolute atomic E-state index is 0.271. The number of anilines is 1. The molecule has 2 aromatic rings. The second-order valence-corrected chi connectivity index (χ2v) is 8.55. The highest BCUT2D eigenvalue weighted by Crippen LogP contribution is 2.22. The van der Waals surface area contributed by atoms with E-state index in [4.69, 9.17) is 0 Å². The van der Waals surface area contributed by atoms with E-state index >= 15 is 0 Å². The summed E-state index contributed by atoms with van der Waals surface area (Å²) in [5, 5.41) is 3.28. The zero-order chi connectivity index (χ0) is 14.6. The van der Waals surface area contributed by atoms with Gasteiger partial charge in [-0.25, -0.2) is 13.1 Å². The fourth-order valence-electron chi connectivity index (χ4n) is 1.69. The minimum Gasteiger partial charge on any atom is -0.385 e. The van der Waals surface area contributed by atoms with E-state index in [0.29, 0.717) is 0 Å². The Hall–Kier alpha value is -0.890. The summed E-state index contributed by atoms with van der Waals surface area (Å²) in [6, 6.07) is 10.9. The van der Waals surface area contributed by atoms with Crippen molar-refractivity contribution in [2.45, 2.75) is 11.3 Å². The predicted molar refractivity (Wildman–Crippen MR) is 86.9 cm³/mol. The van der Waals surface area contributed by atoms with Gasteiger partial charge in [-0.3, -0.25) is 0 Å². The van der Waals surface area contributed by atoms with Crippen molar-refractivity contribution in [1.29, 1.82) is 0 Å². The molecule has 0 saturated carbocycles. The van der Waals surface area contributed by atoms with Gasteiger partial charge in [-0.05, 0) is 65.8 Å². The first kappa shape index (κ1) is 15.5. The Kier molecular flexibility index (Phi) is 5.20. The maximum absolute atomic E-state index is 11.6. The number of hydrogen-bond donors (Lipinski definition) is 2. The molecule has 0 saturated heterocycles. The molecule has 108 valence electrons. The van der Waals surface area contributed by atoms with Crippen molar-refractivity contribution in [1.82, 2.24) is 4.72 Å². The van der Waals surface area contributed by atoms with Crippen LogP contribution in [0.5, 0.6) is 0 Å². The van der Waals surface area contributed by atoms with E-state index in [9.17, 15) is 8.42 Å². The summed E-state index contributed by atoms with van der Waals surface area (Å²) in [6.45, 7) is 0.811. The molecule has 20 heavy (non-hydrogen) atoms. The molecule has 2 N–H and O–H groups in total. The smallest absolute Gasteiger partial charge is 0.240 e. The Morgan fingerprint density at radius 2 is 1.85 bits per heavy atom. The molecule has 7 heteroatoms. The molecule has 0 fully saturated rings. The molecule has 0 bridgehead atoms. The van der Waals surface area contributed by atoms with Crippen molar-refractivity contribution in [3.05, 3.63) is 45.1 Å². The third kappa shape index (κ3) is 4.05. The Labute approximate surface area is 131 Å². The van der Waals surface area contributed by atoms with Crippen LogP contribution in [0.3, 0.4) is 0 Å². The summed E-state index contributed by atoms with van der Waals surface area (Å²) in [4.78, 5) is 1.58. The van der Waals surface area contributed by atoms with E-state index in [1.807, 2.05) is 6.07 Å². The molecule has 0 unspecified atom stereocenters. The van der Waals surface area contributed by atoms with Crippen molar-refractivity contribution in [3.8, 4) is 0 Å². The lowest BCUT2D eigenvalue weighted by molar-refractivity contribution is 0.588. The molecular weight excluding hydrogens is 360 g/mol. The standard InChI is InChI=1S/C13H15BrN2O2S2/c1-15-20(17,18)12-5-2-10(3-6-12)16-9-8-11-4-7-13(14)19-11/h2-7,15-16H,8-9H2,1H3. The van der Waals surface area contributed by atoms with E-state index in [0.717, 1.165) is 22.4 Å². The number of nitrogens with one attached hydrogen (secondary N) is 2. The minimum atomic E-state index is -3.36. The summed E-state index contributed by atoms with van der Waals surface area (Å²) in [6.07, 6.45) is 0.937. The molecule has 4 nitrogen and oxygen atoms in total. The van der Waals surface area contributed by atoms with E-state index in [1.54, 1.807) is 35.6 Å². The van der Waals surface area contributed by atoms with Crippen LogP contribution in [0, 0.1) is 0 Å². The fraction of sp³-hybridized carbons (Fsp3) is 0.231. The van der Waals surface area contributed by atoms with Gasteiger partial charge in [0.15, 0.2) is 0 Å². The lowest BCUT2D eigenvalue weighted by Gasteiger charge is -2.07. The van der Waals surface area contributed by atoms with Crippen molar-refractivity contribution >= 4 is 43.0 Å². The molecule has 2 rings (SSSR count). The Balaban J connectivity index is 1.91. The first-order chi connectivity index (χ1) is 9.51. The lowest BCUT2D eigenvalue weighted by Crippen LogP contribution is -2.18. The molecule has 1 heterocycles. The monoisotopic (exact) mass is 374 g/mol. The van der Waals surface area contributed by atoms with Crippen molar-refractivity contribution in [2.24, 2.45) is 0 Å². The lowest BCUT2D eigenvalue weighted by atomic mass is 10.3. The summed E-state index contributed by atoms with van der Waals surface area (Å²) < 4.78 is 26.6. The number of halogens is 1. The quantitative estimate of drug-likeness (QED) is 0.816. The number of rotatable bonds is 6. The summed E-state index contributed by atoms with van der Waals surface area (Å²) in [5.74, 6) is 0. The van der Waals surface area contributed by atoms with Gasteiger partial charge in [0.05, 0.1) is 8.68 Å². The van der Waals surface area contributed by atoms with Gasteiger partial charge in [0.2, 0.25) is 10.0 Å². The maximum atomic E-state index is 11.6. The fourth-order valence-corrected chi connectivity index (χ4v) is 3.90. The van der Waals surface area contributed by atoms with Gasteiger partial charge in [0, 0.05) is 17.1 Å². The summed E-state index contributed by atoms with van der Waals surface area (Å²) >= 11 is 5.16. The SMILES string of the molecule is CNS(=O)(=O)c1ccc(NCCc2ccc(Br)s2)cc1. The van der Waals surface area contributed by atoms with Gasteiger partial charge < -0.3 is 5.32 Å². The van der Waals surface area contributed by atoms with E-state index < -0.39 is 10.0 Å². The molecular formula is C13H15BrN2O2S2. The zero-order valence-corrected chi connectivity index (χ0v) is 14.1. The zero-order valence-electron chi connectivity index (χ0n) is 10.9. The van der Waals surface area contributed by atoms with Crippen LogP contribution in [0.15, 0.2) is 45.1 Å². The molecule has 0 aliphatic rings. The van der Waals surface area contributed by atoms with Crippen LogP contribution >= 0.6 is 27.3 Å². The van der Waals surface area contributed by atoms with Gasteiger partial charge in [0.1, 0.15) is 0 Å². The molecule has 1 aromatic heterocycles. The van der Waals surface area contributed by atoms with Gasteiger partial charge in [-0.1, -0.05) is 0 Å². The van der Waals surface area contributed by atoms with Gasteiger partial charge in [-0.15, -0.1) is 11.3 Å². The van der Waals surface area contributed by atoms with Crippen molar-refractivity contribution in [3.63, 3.8) is 0 Å². The number of sulfonamides is 1. The number of hydrogen-bond acceptors (Lipinski definition) is 4. The summed E-state index contributed by atoms with van der Waals surface area (Å²) in [7, 11) is -1.95. The van der Waals surface area contributed by atoms with Crippen LogP contribution in [0.1, 0.15) is 4.88 Å². The highest BCUT2D eigenvalue weighted by Gasteiger charge is 2.10. The second kappa shape index (κ2) is 6.71. The first-order valence-corrected chi connectivity index (χ1v) is 9.12. The predicted octanol–water partition coefficient (Wildman–Crippen LogP) is 3.07. The molecule has 0 atom stereocenters. The third-order valence-corrected chi connectivity index (χ3v) is 5.88. The van der Waals surface area contributed by atoms with Crippen molar-refractivity contribution < 1.29 is 8.42 Å². The average molecular weight is 375 g/mol. The first-order valence-electron chi connectivity index (χ1n) is 6.03. The van der Waals surface area contributed by atoms with Crippen LogP contribution < -0.4 is 10.0 Å². The summed E-state index contributed by atoms with van der Waals surface area (Å²) in [5.41, 5.74) is 0.913. The number of thiophene rings is 1. The van der Waals surface area contributed by atoms with Crippen LogP contribution in [0.2, 0.25) is 0 Å². The topological polar surface area (TPSA) is 58.2 Å². The molecule has 1 aromatic carbocycles. The maximum Gasteiger partial charge on any atom is 0.240 e. The number of benzene rings is 1. The van der Waals surface area contributed by atoms with Gasteiger partial charge in [0.25, 0.3) is 0 Å². The largest absolute Gasteiger partial charge is 0.385 e. The third-order valence-electron chi connectivity index (χ3n) is 2.76. The second-order valence-electron chi connectivity index (χ2n) is 4.11. The van der Waals surface area contributed by atoms with E-state index in [1.165, 1.54) is 11.9 Å². The molecule has 0 aliphatic heterocycles. The molecule has 0 aliphatic carbocycles. The van der Waals surface area contributed by atoms with Crippen LogP contribution in [0.25, 0.3) is 0 Å². The van der Waals surface area contributed by atoms with Gasteiger partial charge >= 0.3 is 0 Å². The van der Waals surface area contributed by atoms with Gasteiger partial charge in [-0.2, -0.15) is 0 Å². The van der Waals surface area contributed by atoms with Crippen LogP contribution in [-0.2, 0) is 16.4 Å². The van der Waals surface area contributed by atoms with E-state index in [-0.39, 0.29) is 4.90 Å². The highest BCUT2D eigenvalue weighted by molar-refractivity contribution is 9.11. The Bertz CT molecular complexity index is 666. The van der Waals surface area contributed by atoms with Crippen LogP contribution in [-0.4, -0.2) is 22.0 Å². The Morgan fingerprint density at radius 3 is 2.40 bits per heavy atom. The molecule has 0 radical (unpaired) electrons.